The number of benzene rings is 2. The summed E-state index contributed by atoms with van der Waals surface area (Å²) in [7, 11) is 0. The lowest BCUT2D eigenvalue weighted by molar-refractivity contribution is 0.649. The highest BCUT2D eigenvalue weighted by Gasteiger charge is 2.00. The molecule has 0 atom stereocenters. The summed E-state index contributed by atoms with van der Waals surface area (Å²) >= 11 is 0. The summed E-state index contributed by atoms with van der Waals surface area (Å²) in [6.07, 6.45) is 2.27. The minimum Gasteiger partial charge on any atom is -0.384 e. The lowest BCUT2D eigenvalue weighted by Gasteiger charge is -2.07. The zero-order valence-corrected chi connectivity index (χ0v) is 13.8. The fourth-order valence-corrected chi connectivity index (χ4v) is 2.70. The van der Waals surface area contributed by atoms with Gasteiger partial charge in [-0.15, -0.1) is 0 Å². The van der Waals surface area contributed by atoms with Gasteiger partial charge in [0.05, 0.1) is 5.69 Å². The molecule has 3 aromatic rings. The van der Waals surface area contributed by atoms with Gasteiger partial charge in [-0.3, -0.25) is 0 Å². The number of rotatable bonds is 7. The standard InChI is InChI=1S/C21H23N3/c22-21-10-4-9-20(24-21)19-13-11-18(12-14-19)16-23-15-5-8-17-6-2-1-3-7-17/h1-4,6-7,9-14,23H,5,8,15-16H2,(H2,22,24). The predicted molar refractivity (Wildman–Crippen MR) is 101 cm³/mol. The van der Waals surface area contributed by atoms with Crippen LogP contribution in [0.1, 0.15) is 17.5 Å². The Hall–Kier alpha value is -2.65. The van der Waals surface area contributed by atoms with Crippen LogP contribution in [0.2, 0.25) is 0 Å². The minimum atomic E-state index is 0.552. The Bertz CT molecular complexity index is 752. The van der Waals surface area contributed by atoms with Crippen LogP contribution in [0.3, 0.4) is 0 Å². The van der Waals surface area contributed by atoms with Crippen LogP contribution in [-0.4, -0.2) is 11.5 Å². The van der Waals surface area contributed by atoms with Crippen LogP contribution in [0.4, 0.5) is 5.82 Å². The number of nitrogen functional groups attached to an aromatic ring is 1. The second-order valence-electron chi connectivity index (χ2n) is 5.91. The number of hydrogen-bond acceptors (Lipinski definition) is 3. The van der Waals surface area contributed by atoms with Gasteiger partial charge in [0.25, 0.3) is 0 Å². The molecule has 0 aliphatic carbocycles. The monoisotopic (exact) mass is 317 g/mol. The van der Waals surface area contributed by atoms with Gasteiger partial charge in [0, 0.05) is 12.1 Å². The third-order valence-corrected chi connectivity index (χ3v) is 4.01. The van der Waals surface area contributed by atoms with E-state index < -0.39 is 0 Å². The Balaban J connectivity index is 1.45. The molecule has 1 aromatic heterocycles. The first-order chi connectivity index (χ1) is 11.8. The zero-order valence-electron chi connectivity index (χ0n) is 13.8. The normalized spacial score (nSPS) is 10.7. The first kappa shape index (κ1) is 16.2. The van der Waals surface area contributed by atoms with E-state index in [0.29, 0.717) is 5.82 Å². The first-order valence-corrected chi connectivity index (χ1v) is 8.38. The molecule has 3 nitrogen and oxygen atoms in total. The number of nitrogens with one attached hydrogen (secondary N) is 1. The number of hydrogen-bond donors (Lipinski definition) is 2. The Kier molecular flexibility index (Phi) is 5.59. The van der Waals surface area contributed by atoms with Crippen LogP contribution >= 0.6 is 0 Å². The van der Waals surface area contributed by atoms with E-state index in [1.54, 1.807) is 6.07 Å². The van der Waals surface area contributed by atoms with Crippen molar-refractivity contribution in [2.24, 2.45) is 0 Å². The van der Waals surface area contributed by atoms with Crippen LogP contribution in [0.25, 0.3) is 11.3 Å². The summed E-state index contributed by atoms with van der Waals surface area (Å²) in [5.74, 6) is 0.552. The van der Waals surface area contributed by atoms with Crippen LogP contribution in [0.5, 0.6) is 0 Å². The predicted octanol–water partition coefficient (Wildman–Crippen LogP) is 4.05. The fraction of sp³-hybridized carbons (Fsp3) is 0.190. The van der Waals surface area contributed by atoms with E-state index in [4.69, 9.17) is 5.73 Å². The van der Waals surface area contributed by atoms with E-state index in [9.17, 15) is 0 Å². The number of anilines is 1. The van der Waals surface area contributed by atoms with Crippen molar-refractivity contribution in [2.45, 2.75) is 19.4 Å². The number of aromatic nitrogens is 1. The smallest absolute Gasteiger partial charge is 0.124 e. The Labute approximate surface area is 143 Å². The van der Waals surface area contributed by atoms with Gasteiger partial charge in [0.1, 0.15) is 5.82 Å². The highest BCUT2D eigenvalue weighted by Crippen LogP contribution is 2.18. The van der Waals surface area contributed by atoms with Crippen LogP contribution in [0.15, 0.2) is 72.8 Å². The molecule has 0 spiro atoms. The third-order valence-electron chi connectivity index (χ3n) is 4.01. The molecule has 1 heterocycles. The maximum atomic E-state index is 5.74. The molecule has 0 fully saturated rings. The van der Waals surface area contributed by atoms with Gasteiger partial charge in [-0.2, -0.15) is 0 Å². The van der Waals surface area contributed by atoms with Crippen molar-refractivity contribution in [1.82, 2.24) is 10.3 Å². The third kappa shape index (κ3) is 4.67. The molecule has 2 aromatic carbocycles. The number of aryl methyl sites for hydroxylation is 1. The van der Waals surface area contributed by atoms with Crippen LogP contribution < -0.4 is 11.1 Å². The summed E-state index contributed by atoms with van der Waals surface area (Å²) in [6, 6.07) is 24.8. The summed E-state index contributed by atoms with van der Waals surface area (Å²) in [6.45, 7) is 1.91. The molecule has 0 unspecified atom stereocenters. The number of nitrogens with zero attached hydrogens (tertiary/aromatic N) is 1. The van der Waals surface area contributed by atoms with E-state index in [-0.39, 0.29) is 0 Å². The largest absolute Gasteiger partial charge is 0.384 e. The molecule has 3 heteroatoms. The van der Waals surface area contributed by atoms with E-state index in [1.807, 2.05) is 12.1 Å². The van der Waals surface area contributed by atoms with E-state index in [1.165, 1.54) is 11.1 Å². The maximum absolute atomic E-state index is 5.74. The summed E-state index contributed by atoms with van der Waals surface area (Å²) in [5.41, 5.74) is 10.4. The van der Waals surface area contributed by atoms with Gasteiger partial charge in [-0.05, 0) is 42.6 Å². The number of pyridine rings is 1. The molecule has 0 radical (unpaired) electrons. The van der Waals surface area contributed by atoms with Crippen molar-refractivity contribution in [1.29, 1.82) is 0 Å². The summed E-state index contributed by atoms with van der Waals surface area (Å²) in [4.78, 5) is 4.35. The van der Waals surface area contributed by atoms with E-state index in [0.717, 1.165) is 37.2 Å². The van der Waals surface area contributed by atoms with Gasteiger partial charge < -0.3 is 11.1 Å². The average molecular weight is 317 g/mol. The van der Waals surface area contributed by atoms with Crippen LogP contribution in [0, 0.1) is 0 Å². The van der Waals surface area contributed by atoms with Crippen molar-refractivity contribution in [3.63, 3.8) is 0 Å². The minimum absolute atomic E-state index is 0.552. The van der Waals surface area contributed by atoms with Gasteiger partial charge in [0.15, 0.2) is 0 Å². The molecular formula is C21H23N3. The SMILES string of the molecule is Nc1cccc(-c2ccc(CNCCCc3ccccc3)cc2)n1. The summed E-state index contributed by atoms with van der Waals surface area (Å²) < 4.78 is 0. The Morgan fingerprint density at radius 2 is 1.58 bits per heavy atom. The van der Waals surface area contributed by atoms with Crippen molar-refractivity contribution in [3.05, 3.63) is 83.9 Å². The molecule has 0 aliphatic heterocycles. The van der Waals surface area contributed by atoms with Crippen LogP contribution in [-0.2, 0) is 13.0 Å². The molecule has 0 saturated carbocycles. The molecule has 0 saturated heterocycles. The Morgan fingerprint density at radius 1 is 0.792 bits per heavy atom. The molecule has 0 amide bonds. The second kappa shape index (κ2) is 8.27. The molecule has 24 heavy (non-hydrogen) atoms. The topological polar surface area (TPSA) is 50.9 Å². The number of nitrogens with two attached hydrogens (primary N) is 1. The van der Waals surface area contributed by atoms with Gasteiger partial charge in [-0.25, -0.2) is 4.98 Å². The van der Waals surface area contributed by atoms with E-state index >= 15 is 0 Å². The highest BCUT2D eigenvalue weighted by atomic mass is 14.8. The molecule has 3 rings (SSSR count). The highest BCUT2D eigenvalue weighted by molar-refractivity contribution is 5.61. The zero-order chi connectivity index (χ0) is 16.6. The Morgan fingerprint density at radius 3 is 2.33 bits per heavy atom. The lowest BCUT2D eigenvalue weighted by Crippen LogP contribution is -2.15. The first-order valence-electron chi connectivity index (χ1n) is 8.38. The summed E-state index contributed by atoms with van der Waals surface area (Å²) in [5, 5.41) is 3.50. The molecule has 122 valence electrons. The van der Waals surface area contributed by atoms with Gasteiger partial charge in [0.2, 0.25) is 0 Å². The van der Waals surface area contributed by atoms with Crippen molar-refractivity contribution >= 4 is 5.82 Å². The van der Waals surface area contributed by atoms with E-state index in [2.05, 4.69) is 64.9 Å². The maximum Gasteiger partial charge on any atom is 0.124 e. The quantitative estimate of drug-likeness (QED) is 0.646. The molecule has 0 bridgehead atoms. The molecule has 0 aliphatic rings. The second-order valence-corrected chi connectivity index (χ2v) is 5.91. The van der Waals surface area contributed by atoms with Gasteiger partial charge in [-0.1, -0.05) is 60.7 Å². The van der Waals surface area contributed by atoms with Gasteiger partial charge >= 0.3 is 0 Å². The average Bonchev–Trinajstić information content (AvgIpc) is 2.63. The fourth-order valence-electron chi connectivity index (χ4n) is 2.70. The van der Waals surface area contributed by atoms with Crippen molar-refractivity contribution < 1.29 is 0 Å². The van der Waals surface area contributed by atoms with Crippen molar-refractivity contribution in [2.75, 3.05) is 12.3 Å². The molecular weight excluding hydrogens is 294 g/mol. The lowest BCUT2D eigenvalue weighted by atomic mass is 10.1. The van der Waals surface area contributed by atoms with Crippen molar-refractivity contribution in [3.8, 4) is 11.3 Å². The molecule has 3 N–H and O–H groups in total.